The summed E-state index contributed by atoms with van der Waals surface area (Å²) in [5.74, 6) is -0.185. The van der Waals surface area contributed by atoms with Crippen LogP contribution in [0.4, 0.5) is 4.79 Å². The first-order valence-electron chi connectivity index (χ1n) is 4.72. The Balaban J connectivity index is 2.15. The predicted octanol–water partition coefficient (Wildman–Crippen LogP) is -1.48. The summed E-state index contributed by atoms with van der Waals surface area (Å²) in [5, 5.41) is 8.27. The molecule has 0 spiro atoms. The molecule has 0 bridgehead atoms. The molecule has 6 heteroatoms. The van der Waals surface area contributed by atoms with Crippen LogP contribution in [0.15, 0.2) is 0 Å². The molecule has 6 nitrogen and oxygen atoms in total. The smallest absolute Gasteiger partial charge is 0.312 e. The van der Waals surface area contributed by atoms with Crippen molar-refractivity contribution in [3.05, 3.63) is 0 Å². The molecule has 1 saturated heterocycles. The number of rotatable bonds is 3. The lowest BCUT2D eigenvalue weighted by Gasteiger charge is -2.23. The average Bonchev–Trinajstić information content (AvgIpc) is 2.16. The van der Waals surface area contributed by atoms with Crippen LogP contribution < -0.4 is 21.7 Å². The molecule has 0 atom stereocenters. The van der Waals surface area contributed by atoms with Crippen LogP contribution in [0, 0.1) is 0 Å². The van der Waals surface area contributed by atoms with E-state index in [1.807, 2.05) is 0 Å². The second kappa shape index (κ2) is 5.43. The Morgan fingerprint density at radius 3 is 2.57 bits per heavy atom. The molecule has 80 valence electrons. The lowest BCUT2D eigenvalue weighted by atomic mass is 10.1. The Morgan fingerprint density at radius 2 is 2.00 bits per heavy atom. The molecule has 0 radical (unpaired) electrons. The topological polar surface area (TPSA) is 96.2 Å². The Labute approximate surface area is 82.6 Å². The highest BCUT2D eigenvalue weighted by Crippen LogP contribution is 2.00. The molecule has 1 heterocycles. The van der Waals surface area contributed by atoms with Crippen molar-refractivity contribution in [1.29, 1.82) is 0 Å². The minimum atomic E-state index is -0.675. The van der Waals surface area contributed by atoms with Crippen molar-refractivity contribution in [3.63, 3.8) is 0 Å². The zero-order valence-corrected chi connectivity index (χ0v) is 8.01. The number of hydrogen-bond donors (Lipinski definition) is 4. The van der Waals surface area contributed by atoms with Gasteiger partial charge in [0.05, 0.1) is 6.54 Å². The number of carbonyl (C=O) groups excluding carboxylic acids is 2. The molecule has 0 aromatic carbocycles. The van der Waals surface area contributed by atoms with Crippen molar-refractivity contribution in [2.45, 2.75) is 18.9 Å². The summed E-state index contributed by atoms with van der Waals surface area (Å²) in [6, 6.07) is -0.455. The van der Waals surface area contributed by atoms with Crippen LogP contribution in [0.3, 0.4) is 0 Å². The lowest BCUT2D eigenvalue weighted by molar-refractivity contribution is -0.120. The van der Waals surface area contributed by atoms with Crippen LogP contribution in [-0.4, -0.2) is 37.6 Å². The summed E-state index contributed by atoms with van der Waals surface area (Å²) < 4.78 is 0. The number of carbonyl (C=O) groups is 2. The summed E-state index contributed by atoms with van der Waals surface area (Å²) in [4.78, 5) is 21.5. The van der Waals surface area contributed by atoms with Crippen molar-refractivity contribution in [3.8, 4) is 0 Å². The van der Waals surface area contributed by atoms with Crippen LogP contribution in [0.1, 0.15) is 12.8 Å². The summed E-state index contributed by atoms with van der Waals surface area (Å²) in [6.45, 7) is 1.81. The first kappa shape index (κ1) is 10.8. The van der Waals surface area contributed by atoms with Gasteiger partial charge in [0.1, 0.15) is 0 Å². The molecular weight excluding hydrogens is 184 g/mol. The van der Waals surface area contributed by atoms with Gasteiger partial charge in [0.2, 0.25) is 5.91 Å². The van der Waals surface area contributed by atoms with Crippen molar-refractivity contribution < 1.29 is 9.59 Å². The van der Waals surface area contributed by atoms with Gasteiger partial charge in [0, 0.05) is 6.04 Å². The van der Waals surface area contributed by atoms with E-state index >= 15 is 0 Å². The molecule has 1 aliphatic rings. The van der Waals surface area contributed by atoms with Gasteiger partial charge >= 0.3 is 6.03 Å². The molecule has 1 aliphatic heterocycles. The lowest BCUT2D eigenvalue weighted by Crippen LogP contribution is -2.46. The van der Waals surface area contributed by atoms with E-state index in [-0.39, 0.29) is 18.5 Å². The number of hydrogen-bond acceptors (Lipinski definition) is 3. The SMILES string of the molecule is NC(=O)NCC(=O)NC1CCNCC1. The van der Waals surface area contributed by atoms with Gasteiger partial charge in [-0.15, -0.1) is 0 Å². The van der Waals surface area contributed by atoms with Gasteiger partial charge in [-0.05, 0) is 25.9 Å². The van der Waals surface area contributed by atoms with Crippen molar-refractivity contribution >= 4 is 11.9 Å². The number of piperidine rings is 1. The van der Waals surface area contributed by atoms with Crippen LogP contribution in [0.25, 0.3) is 0 Å². The Hall–Kier alpha value is -1.30. The van der Waals surface area contributed by atoms with Gasteiger partial charge < -0.3 is 21.7 Å². The van der Waals surface area contributed by atoms with Gasteiger partial charge in [-0.3, -0.25) is 4.79 Å². The standard InChI is InChI=1S/C8H16N4O2/c9-8(14)11-5-7(13)12-6-1-3-10-4-2-6/h6,10H,1-5H2,(H,12,13)(H3,9,11,14). The number of nitrogens with one attached hydrogen (secondary N) is 3. The maximum atomic E-state index is 11.2. The van der Waals surface area contributed by atoms with E-state index in [2.05, 4.69) is 16.0 Å². The fourth-order valence-electron chi connectivity index (χ4n) is 1.41. The number of primary amides is 1. The fourth-order valence-corrected chi connectivity index (χ4v) is 1.41. The van der Waals surface area contributed by atoms with E-state index in [0.717, 1.165) is 25.9 Å². The summed E-state index contributed by atoms with van der Waals surface area (Å²) in [5.41, 5.74) is 4.83. The molecule has 0 saturated carbocycles. The third kappa shape index (κ3) is 4.08. The number of urea groups is 1. The highest BCUT2D eigenvalue weighted by molar-refractivity contribution is 5.83. The molecule has 0 unspecified atom stereocenters. The molecule has 1 fully saturated rings. The Morgan fingerprint density at radius 1 is 1.36 bits per heavy atom. The van der Waals surface area contributed by atoms with Crippen molar-refractivity contribution in [1.82, 2.24) is 16.0 Å². The van der Waals surface area contributed by atoms with Gasteiger partial charge in [-0.2, -0.15) is 0 Å². The predicted molar refractivity (Wildman–Crippen MR) is 51.6 cm³/mol. The van der Waals surface area contributed by atoms with Crippen LogP contribution in [0.5, 0.6) is 0 Å². The highest BCUT2D eigenvalue weighted by Gasteiger charge is 2.14. The Bertz CT molecular complexity index is 213. The second-order valence-electron chi connectivity index (χ2n) is 3.31. The fraction of sp³-hybridized carbons (Fsp3) is 0.750. The van der Waals surface area contributed by atoms with Gasteiger partial charge in [0.25, 0.3) is 0 Å². The van der Waals surface area contributed by atoms with Crippen molar-refractivity contribution in [2.24, 2.45) is 5.73 Å². The molecule has 3 amide bonds. The minimum absolute atomic E-state index is 0.0424. The number of nitrogens with two attached hydrogens (primary N) is 1. The van der Waals surface area contributed by atoms with E-state index in [1.165, 1.54) is 0 Å². The molecular formula is C8H16N4O2. The van der Waals surface area contributed by atoms with E-state index in [0.29, 0.717) is 0 Å². The van der Waals surface area contributed by atoms with Crippen LogP contribution in [0.2, 0.25) is 0 Å². The highest BCUT2D eigenvalue weighted by atomic mass is 16.2. The van der Waals surface area contributed by atoms with Crippen molar-refractivity contribution in [2.75, 3.05) is 19.6 Å². The molecule has 5 N–H and O–H groups in total. The average molecular weight is 200 g/mol. The maximum absolute atomic E-state index is 11.2. The molecule has 0 aromatic rings. The quantitative estimate of drug-likeness (QED) is 0.447. The Kier molecular flexibility index (Phi) is 4.18. The van der Waals surface area contributed by atoms with Gasteiger partial charge in [0.15, 0.2) is 0 Å². The number of amides is 3. The first-order chi connectivity index (χ1) is 6.68. The van der Waals surface area contributed by atoms with E-state index in [1.54, 1.807) is 0 Å². The second-order valence-corrected chi connectivity index (χ2v) is 3.31. The summed E-state index contributed by atoms with van der Waals surface area (Å²) >= 11 is 0. The van der Waals surface area contributed by atoms with E-state index < -0.39 is 6.03 Å². The monoisotopic (exact) mass is 200 g/mol. The minimum Gasteiger partial charge on any atom is -0.352 e. The van der Waals surface area contributed by atoms with Gasteiger partial charge in [-0.1, -0.05) is 0 Å². The third-order valence-corrected chi connectivity index (χ3v) is 2.13. The normalized spacial score (nSPS) is 17.4. The maximum Gasteiger partial charge on any atom is 0.312 e. The summed E-state index contributed by atoms with van der Waals surface area (Å²) in [7, 11) is 0. The molecule has 0 aromatic heterocycles. The van der Waals surface area contributed by atoms with Crippen LogP contribution >= 0.6 is 0 Å². The molecule has 0 aliphatic carbocycles. The third-order valence-electron chi connectivity index (χ3n) is 2.13. The zero-order valence-electron chi connectivity index (χ0n) is 8.01. The first-order valence-corrected chi connectivity index (χ1v) is 4.72. The van der Waals surface area contributed by atoms with E-state index in [9.17, 15) is 9.59 Å². The summed E-state index contributed by atoms with van der Waals surface area (Å²) in [6.07, 6.45) is 1.87. The van der Waals surface area contributed by atoms with Gasteiger partial charge in [-0.25, -0.2) is 4.79 Å². The van der Waals surface area contributed by atoms with Crippen LogP contribution in [-0.2, 0) is 4.79 Å². The zero-order chi connectivity index (χ0) is 10.4. The molecule has 14 heavy (non-hydrogen) atoms. The van der Waals surface area contributed by atoms with E-state index in [4.69, 9.17) is 5.73 Å². The largest absolute Gasteiger partial charge is 0.352 e. The molecule has 1 rings (SSSR count).